The van der Waals surface area contributed by atoms with E-state index < -0.39 is 0 Å². The highest BCUT2D eigenvalue weighted by atomic mass is 16.5. The third kappa shape index (κ3) is 3.07. The van der Waals surface area contributed by atoms with Crippen LogP contribution < -0.4 is 0 Å². The second kappa shape index (κ2) is 4.96. The van der Waals surface area contributed by atoms with Gasteiger partial charge in [-0.2, -0.15) is 0 Å². The van der Waals surface area contributed by atoms with Crippen LogP contribution in [0.3, 0.4) is 0 Å². The summed E-state index contributed by atoms with van der Waals surface area (Å²) in [5.74, 6) is 0.824. The molecule has 1 rings (SSSR count). The number of carbonyl (C=O) groups excluding carboxylic acids is 1. The van der Waals surface area contributed by atoms with Gasteiger partial charge in [0.2, 0.25) is 0 Å². The maximum atomic E-state index is 11.0. The Morgan fingerprint density at radius 1 is 1.67 bits per heavy atom. The van der Waals surface area contributed by atoms with Crippen LogP contribution >= 0.6 is 0 Å². The number of hydrogen-bond donors (Lipinski definition) is 0. The van der Waals surface area contributed by atoms with Crippen LogP contribution in [0.2, 0.25) is 0 Å². The molecule has 1 saturated carbocycles. The van der Waals surface area contributed by atoms with Crippen molar-refractivity contribution in [3.63, 3.8) is 0 Å². The van der Waals surface area contributed by atoms with Crippen molar-refractivity contribution in [2.45, 2.75) is 32.6 Å². The molecular formula is C10H16O2. The Hall–Kier alpha value is -0.790. The smallest absolute Gasteiger partial charge is 0.133 e. The molecule has 1 aliphatic rings. The van der Waals surface area contributed by atoms with Gasteiger partial charge in [0.1, 0.15) is 5.78 Å². The molecule has 2 nitrogen and oxygen atoms in total. The van der Waals surface area contributed by atoms with Crippen molar-refractivity contribution in [3.8, 4) is 0 Å². The van der Waals surface area contributed by atoms with E-state index in [1.165, 1.54) is 0 Å². The molecule has 1 fully saturated rings. The first kappa shape index (κ1) is 9.30. The van der Waals surface area contributed by atoms with Gasteiger partial charge in [-0.3, -0.25) is 4.79 Å². The molecule has 0 spiro atoms. The second-order valence-corrected chi connectivity index (χ2v) is 3.18. The molecule has 12 heavy (non-hydrogen) atoms. The van der Waals surface area contributed by atoms with Crippen LogP contribution in [0.15, 0.2) is 12.3 Å². The lowest BCUT2D eigenvalue weighted by Gasteiger charge is -2.16. The molecule has 0 aromatic rings. The van der Waals surface area contributed by atoms with E-state index in [9.17, 15) is 4.79 Å². The molecule has 0 heterocycles. The summed E-state index contributed by atoms with van der Waals surface area (Å²) in [6.07, 6.45) is 7.40. The third-order valence-electron chi connectivity index (χ3n) is 2.13. The minimum atomic E-state index is 0.396. The second-order valence-electron chi connectivity index (χ2n) is 3.18. The fourth-order valence-electron chi connectivity index (χ4n) is 1.49. The molecule has 0 bridgehead atoms. The molecule has 2 heteroatoms. The Bertz CT molecular complexity index is 173. The molecule has 0 aliphatic heterocycles. The highest BCUT2D eigenvalue weighted by Crippen LogP contribution is 2.21. The molecule has 0 radical (unpaired) electrons. The lowest BCUT2D eigenvalue weighted by Crippen LogP contribution is -2.12. The molecular weight excluding hydrogens is 152 g/mol. The molecule has 0 aromatic carbocycles. The van der Waals surface area contributed by atoms with Crippen molar-refractivity contribution in [3.05, 3.63) is 12.3 Å². The molecule has 1 atom stereocenters. The molecule has 68 valence electrons. The minimum absolute atomic E-state index is 0.396. The van der Waals surface area contributed by atoms with Gasteiger partial charge in [-0.1, -0.05) is 0 Å². The first-order valence-corrected chi connectivity index (χ1v) is 4.63. The van der Waals surface area contributed by atoms with Crippen LogP contribution in [0, 0.1) is 5.92 Å². The minimum Gasteiger partial charge on any atom is -0.502 e. The van der Waals surface area contributed by atoms with Gasteiger partial charge in [0, 0.05) is 12.8 Å². The van der Waals surface area contributed by atoms with Crippen LogP contribution in [-0.2, 0) is 9.53 Å². The van der Waals surface area contributed by atoms with E-state index in [0.29, 0.717) is 24.7 Å². The Labute approximate surface area is 73.6 Å². The van der Waals surface area contributed by atoms with Crippen molar-refractivity contribution in [2.24, 2.45) is 5.92 Å². The molecule has 0 amide bonds. The van der Waals surface area contributed by atoms with Crippen LogP contribution in [0.1, 0.15) is 32.6 Å². The van der Waals surface area contributed by atoms with Gasteiger partial charge >= 0.3 is 0 Å². The number of ether oxygens (including phenoxy) is 1. The molecule has 0 aromatic heterocycles. The monoisotopic (exact) mass is 168 g/mol. The lowest BCUT2D eigenvalue weighted by atomic mass is 9.88. The summed E-state index contributed by atoms with van der Waals surface area (Å²) < 4.78 is 5.08. The molecule has 1 unspecified atom stereocenters. The topological polar surface area (TPSA) is 26.3 Å². The SMILES string of the molecule is CCO/C=C\C1CCCC(=O)C1. The van der Waals surface area contributed by atoms with Gasteiger partial charge in [0.05, 0.1) is 12.9 Å². The Kier molecular flexibility index (Phi) is 3.85. The number of allylic oxidation sites excluding steroid dienone is 1. The van der Waals surface area contributed by atoms with Gasteiger partial charge in [-0.15, -0.1) is 0 Å². The highest BCUT2D eigenvalue weighted by Gasteiger charge is 2.16. The van der Waals surface area contributed by atoms with Crippen LogP contribution in [0.25, 0.3) is 0 Å². The summed E-state index contributed by atoms with van der Waals surface area (Å²) in [6.45, 7) is 2.66. The first-order chi connectivity index (χ1) is 5.83. The molecule has 0 N–H and O–H groups in total. The number of hydrogen-bond acceptors (Lipinski definition) is 2. The zero-order valence-corrected chi connectivity index (χ0v) is 7.58. The van der Waals surface area contributed by atoms with E-state index in [0.717, 1.165) is 19.3 Å². The maximum absolute atomic E-state index is 11.0. The van der Waals surface area contributed by atoms with Crippen molar-refractivity contribution in [2.75, 3.05) is 6.61 Å². The summed E-state index contributed by atoms with van der Waals surface area (Å²) in [5, 5.41) is 0. The van der Waals surface area contributed by atoms with E-state index in [1.54, 1.807) is 6.26 Å². The predicted octanol–water partition coefficient (Wildman–Crippen LogP) is 2.30. The van der Waals surface area contributed by atoms with Gasteiger partial charge in [-0.05, 0) is 31.8 Å². The maximum Gasteiger partial charge on any atom is 0.133 e. The van der Waals surface area contributed by atoms with Gasteiger partial charge in [-0.25, -0.2) is 0 Å². The summed E-state index contributed by atoms with van der Waals surface area (Å²) in [6, 6.07) is 0. The van der Waals surface area contributed by atoms with Crippen molar-refractivity contribution in [1.29, 1.82) is 0 Å². The number of ketones is 1. The quantitative estimate of drug-likeness (QED) is 0.604. The Morgan fingerprint density at radius 3 is 3.17 bits per heavy atom. The average molecular weight is 168 g/mol. The summed E-state index contributed by atoms with van der Waals surface area (Å²) in [7, 11) is 0. The van der Waals surface area contributed by atoms with E-state index in [4.69, 9.17) is 4.74 Å². The number of carbonyl (C=O) groups is 1. The largest absolute Gasteiger partial charge is 0.502 e. The van der Waals surface area contributed by atoms with Crippen molar-refractivity contribution in [1.82, 2.24) is 0 Å². The predicted molar refractivity (Wildman–Crippen MR) is 47.7 cm³/mol. The number of Topliss-reactive ketones (excluding diaryl/α,β-unsaturated/α-hetero) is 1. The van der Waals surface area contributed by atoms with E-state index in [2.05, 4.69) is 0 Å². The summed E-state index contributed by atoms with van der Waals surface area (Å²) in [4.78, 5) is 11.0. The summed E-state index contributed by atoms with van der Waals surface area (Å²) >= 11 is 0. The fraction of sp³-hybridized carbons (Fsp3) is 0.700. The molecule has 0 saturated heterocycles. The van der Waals surface area contributed by atoms with E-state index >= 15 is 0 Å². The van der Waals surface area contributed by atoms with E-state index in [1.807, 2.05) is 13.0 Å². The van der Waals surface area contributed by atoms with Crippen LogP contribution in [0.5, 0.6) is 0 Å². The van der Waals surface area contributed by atoms with Crippen molar-refractivity contribution < 1.29 is 9.53 Å². The van der Waals surface area contributed by atoms with Gasteiger partial charge < -0.3 is 4.74 Å². The average Bonchev–Trinajstić information content (AvgIpc) is 2.05. The summed E-state index contributed by atoms with van der Waals surface area (Å²) in [5.41, 5.74) is 0. The zero-order valence-electron chi connectivity index (χ0n) is 7.58. The fourth-order valence-corrected chi connectivity index (χ4v) is 1.49. The number of rotatable bonds is 3. The normalized spacial score (nSPS) is 24.8. The zero-order chi connectivity index (χ0) is 8.81. The lowest BCUT2D eigenvalue weighted by molar-refractivity contribution is -0.121. The Morgan fingerprint density at radius 2 is 2.50 bits per heavy atom. The first-order valence-electron chi connectivity index (χ1n) is 4.63. The van der Waals surface area contributed by atoms with Crippen LogP contribution in [-0.4, -0.2) is 12.4 Å². The standard InChI is InChI=1S/C10H16O2/c1-2-12-7-6-9-4-3-5-10(11)8-9/h6-7,9H,2-5,8H2,1H3/b7-6-. The molecule has 1 aliphatic carbocycles. The highest BCUT2D eigenvalue weighted by molar-refractivity contribution is 5.79. The van der Waals surface area contributed by atoms with Gasteiger partial charge in [0.25, 0.3) is 0 Å². The van der Waals surface area contributed by atoms with Crippen molar-refractivity contribution >= 4 is 5.78 Å². The van der Waals surface area contributed by atoms with Crippen LogP contribution in [0.4, 0.5) is 0 Å². The third-order valence-corrected chi connectivity index (χ3v) is 2.13. The van der Waals surface area contributed by atoms with Gasteiger partial charge in [0.15, 0.2) is 0 Å². The Balaban J connectivity index is 2.26. The van der Waals surface area contributed by atoms with E-state index in [-0.39, 0.29) is 0 Å².